The van der Waals surface area contributed by atoms with Gasteiger partial charge in [0.1, 0.15) is 11.6 Å². The zero-order valence-electron chi connectivity index (χ0n) is 26.0. The van der Waals surface area contributed by atoms with Crippen LogP contribution in [0.25, 0.3) is 5.57 Å². The smallest absolute Gasteiger partial charge is 1.00 e. The summed E-state index contributed by atoms with van der Waals surface area (Å²) in [6.45, 7) is 5.42. The molecule has 1 aliphatic carbocycles. The Labute approximate surface area is 289 Å². The third-order valence-electron chi connectivity index (χ3n) is 6.75. The molecule has 44 heavy (non-hydrogen) atoms. The fraction of sp³-hybridized carbons (Fsp3) is 0.273. The molecule has 0 saturated heterocycles. The van der Waals surface area contributed by atoms with Crippen LogP contribution in [0.3, 0.4) is 0 Å². The van der Waals surface area contributed by atoms with Crippen LogP contribution >= 0.6 is 23.2 Å². The van der Waals surface area contributed by atoms with Gasteiger partial charge in [0.15, 0.2) is 0 Å². The van der Waals surface area contributed by atoms with E-state index >= 15 is 0 Å². The maximum absolute atomic E-state index is 13.1. The van der Waals surface area contributed by atoms with Crippen LogP contribution in [-0.2, 0) is 27.2 Å². The van der Waals surface area contributed by atoms with Gasteiger partial charge >= 0.3 is 41.5 Å². The number of carboxylic acids is 1. The van der Waals surface area contributed by atoms with E-state index in [1.165, 1.54) is 6.08 Å². The van der Waals surface area contributed by atoms with Crippen molar-refractivity contribution in [3.8, 4) is 0 Å². The fourth-order valence-corrected chi connectivity index (χ4v) is 5.36. The molecule has 0 fully saturated rings. The van der Waals surface area contributed by atoms with Crippen LogP contribution in [0.1, 0.15) is 72.4 Å². The average molecular weight is 648 g/mol. The number of benzene rings is 3. The Morgan fingerprint density at radius 3 is 2.25 bits per heavy atom. The summed E-state index contributed by atoms with van der Waals surface area (Å²) in [6.07, 6.45) is 3.79. The van der Waals surface area contributed by atoms with E-state index in [0.717, 1.165) is 36.0 Å². The quantitative estimate of drug-likeness (QED) is 0.194. The maximum Gasteiger partial charge on any atom is 1.00 e. The van der Waals surface area contributed by atoms with Crippen molar-refractivity contribution in [3.63, 3.8) is 0 Å². The van der Waals surface area contributed by atoms with Crippen molar-refractivity contribution in [2.45, 2.75) is 58.1 Å². The van der Waals surface area contributed by atoms with Crippen molar-refractivity contribution in [3.05, 3.63) is 105 Å². The van der Waals surface area contributed by atoms with Crippen molar-refractivity contribution in [2.24, 2.45) is 0 Å². The summed E-state index contributed by atoms with van der Waals surface area (Å²) in [4.78, 5) is 50.1. The van der Waals surface area contributed by atoms with Crippen LogP contribution in [0, 0.1) is 0 Å². The summed E-state index contributed by atoms with van der Waals surface area (Å²) < 4.78 is 5.42. The number of fused-ring (bicyclic) bond motifs is 1. The molecule has 226 valence electrons. The first-order valence-electron chi connectivity index (χ1n) is 13.8. The third kappa shape index (κ3) is 9.43. The van der Waals surface area contributed by atoms with E-state index in [1.807, 2.05) is 20.8 Å². The number of rotatable bonds is 8. The Hall–Kier alpha value is -3.14. The second kappa shape index (κ2) is 15.2. The minimum absolute atomic E-state index is 0. The van der Waals surface area contributed by atoms with Gasteiger partial charge in [0.2, 0.25) is 0 Å². The van der Waals surface area contributed by atoms with E-state index < -0.39 is 35.4 Å². The topological polar surface area (TPSA) is 122 Å². The second-order valence-electron chi connectivity index (χ2n) is 11.2. The number of amides is 2. The van der Waals surface area contributed by atoms with Gasteiger partial charge in [-0.1, -0.05) is 47.5 Å². The molecule has 4 rings (SSSR count). The molecule has 0 saturated carbocycles. The monoisotopic (exact) mass is 646 g/mol. The number of anilines is 1. The number of aliphatic carboxylic acids is 1. The molecule has 8 nitrogen and oxygen atoms in total. The van der Waals surface area contributed by atoms with Gasteiger partial charge in [-0.05, 0) is 98.7 Å². The standard InChI is InChI=1S/C33H32Cl2N2O6.Na.H/c1-33(2,3)43-28(38)18-21-7-4-6-20-17-22(12-15-24(20)21)30(39)37-27(32(41)42)16-19-10-13-23(14-11-19)36-31(40)29-25(34)8-5-9-26(29)35;;/h5,8-15,17-18,27H,4,6-7,16H2,1-3H3,(H,36,40)(H,37,39)(H,41,42);;/q;+1;-1/t27-;;/m0../s1. The van der Waals surface area contributed by atoms with E-state index in [0.29, 0.717) is 16.8 Å². The van der Waals surface area contributed by atoms with Gasteiger partial charge in [0, 0.05) is 23.7 Å². The number of carbonyl (C=O) groups is 4. The Bertz CT molecular complexity index is 1590. The molecule has 1 atom stereocenters. The molecule has 3 aromatic rings. The molecule has 0 aromatic heterocycles. The van der Waals surface area contributed by atoms with E-state index in [-0.39, 0.29) is 53.0 Å². The number of carboxylic acid groups (broad SMARTS) is 1. The number of halogens is 2. The van der Waals surface area contributed by atoms with E-state index in [1.54, 1.807) is 60.7 Å². The summed E-state index contributed by atoms with van der Waals surface area (Å²) in [5, 5.41) is 15.6. The van der Waals surface area contributed by atoms with Crippen LogP contribution in [0.2, 0.25) is 10.0 Å². The van der Waals surface area contributed by atoms with Crippen molar-refractivity contribution >= 4 is 58.2 Å². The van der Waals surface area contributed by atoms with Crippen LogP contribution in [0.5, 0.6) is 0 Å². The van der Waals surface area contributed by atoms with Crippen molar-refractivity contribution < 1.29 is 60.0 Å². The number of carbonyl (C=O) groups excluding carboxylic acids is 3. The summed E-state index contributed by atoms with van der Waals surface area (Å²) in [6, 6.07) is 15.3. The number of hydrogen-bond acceptors (Lipinski definition) is 5. The van der Waals surface area contributed by atoms with Crippen molar-refractivity contribution in [2.75, 3.05) is 5.32 Å². The van der Waals surface area contributed by atoms with Crippen LogP contribution in [0.4, 0.5) is 5.69 Å². The zero-order chi connectivity index (χ0) is 31.3. The fourth-order valence-electron chi connectivity index (χ4n) is 4.79. The predicted octanol–water partition coefficient (Wildman–Crippen LogP) is 3.85. The van der Waals surface area contributed by atoms with Gasteiger partial charge in [0.25, 0.3) is 11.8 Å². The van der Waals surface area contributed by atoms with Crippen molar-refractivity contribution in [1.29, 1.82) is 0 Å². The van der Waals surface area contributed by atoms with E-state index in [2.05, 4.69) is 10.6 Å². The second-order valence-corrected chi connectivity index (χ2v) is 12.1. The minimum Gasteiger partial charge on any atom is -1.00 e. The Morgan fingerprint density at radius 1 is 0.977 bits per heavy atom. The minimum atomic E-state index is -1.19. The number of hydrogen-bond donors (Lipinski definition) is 3. The molecular formula is C33H33Cl2N2NaO6. The van der Waals surface area contributed by atoms with Gasteiger partial charge in [-0.2, -0.15) is 0 Å². The summed E-state index contributed by atoms with van der Waals surface area (Å²) in [7, 11) is 0. The molecule has 0 spiro atoms. The molecule has 1 aliphatic rings. The first kappa shape index (κ1) is 35.3. The molecule has 11 heteroatoms. The molecule has 0 unspecified atom stereocenters. The van der Waals surface area contributed by atoms with Crippen LogP contribution in [0.15, 0.2) is 66.7 Å². The molecule has 0 heterocycles. The van der Waals surface area contributed by atoms with E-state index in [4.69, 9.17) is 27.9 Å². The van der Waals surface area contributed by atoms with Crippen LogP contribution in [-0.4, -0.2) is 40.5 Å². The summed E-state index contributed by atoms with van der Waals surface area (Å²) in [5.41, 5.74) is 3.64. The summed E-state index contributed by atoms with van der Waals surface area (Å²) in [5.74, 6) is -2.59. The normalized spacial score (nSPS) is 14.1. The molecule has 2 amide bonds. The third-order valence-corrected chi connectivity index (χ3v) is 7.38. The van der Waals surface area contributed by atoms with Crippen molar-refractivity contribution in [1.82, 2.24) is 5.32 Å². The largest absolute Gasteiger partial charge is 1.00 e. The Kier molecular flexibility index (Phi) is 12.2. The molecule has 0 radical (unpaired) electrons. The number of allylic oxidation sites excluding steroid dienone is 1. The van der Waals surface area contributed by atoms with Crippen LogP contribution < -0.4 is 40.2 Å². The first-order chi connectivity index (χ1) is 20.3. The first-order valence-corrected chi connectivity index (χ1v) is 14.5. The number of aryl methyl sites for hydroxylation is 1. The SMILES string of the molecule is CC(C)(C)OC(=O)C=C1CCCc2cc(C(=O)N[C@@H](Cc3ccc(NC(=O)c4c(Cl)cccc4Cl)cc3)C(=O)O)ccc21.[H-].[Na+]. The van der Waals surface area contributed by atoms with E-state index in [9.17, 15) is 24.3 Å². The molecular weight excluding hydrogens is 614 g/mol. The number of ether oxygens (including phenoxy) is 1. The molecule has 3 N–H and O–H groups in total. The molecule has 0 aliphatic heterocycles. The molecule has 3 aromatic carbocycles. The zero-order valence-corrected chi connectivity index (χ0v) is 28.5. The molecule has 0 bridgehead atoms. The van der Waals surface area contributed by atoms with Gasteiger partial charge < -0.3 is 21.9 Å². The van der Waals surface area contributed by atoms with Gasteiger partial charge in [-0.25, -0.2) is 9.59 Å². The average Bonchev–Trinajstić information content (AvgIpc) is 2.92. The number of nitrogens with one attached hydrogen (secondary N) is 2. The Balaban J connectivity index is 0.00000353. The predicted molar refractivity (Wildman–Crippen MR) is 168 cm³/mol. The summed E-state index contributed by atoms with van der Waals surface area (Å²) >= 11 is 12.2. The van der Waals surface area contributed by atoms with Gasteiger partial charge in [-0.3, -0.25) is 9.59 Å². The Morgan fingerprint density at radius 2 is 1.64 bits per heavy atom. The number of esters is 1. The van der Waals surface area contributed by atoms with Gasteiger partial charge in [-0.15, -0.1) is 0 Å². The van der Waals surface area contributed by atoms with Gasteiger partial charge in [0.05, 0.1) is 15.6 Å². The maximum atomic E-state index is 13.1.